The first-order valence-electron chi connectivity index (χ1n) is 6.92. The van der Waals surface area contributed by atoms with Gasteiger partial charge in [0.15, 0.2) is 0 Å². The average molecular weight is 238 g/mol. The summed E-state index contributed by atoms with van der Waals surface area (Å²) >= 11 is 0. The summed E-state index contributed by atoms with van der Waals surface area (Å²) in [6.45, 7) is 8.49. The first kappa shape index (κ1) is 12.9. The molecule has 17 heavy (non-hydrogen) atoms. The van der Waals surface area contributed by atoms with E-state index in [1.165, 1.54) is 12.8 Å². The highest BCUT2D eigenvalue weighted by Crippen LogP contribution is 2.40. The van der Waals surface area contributed by atoms with Crippen molar-refractivity contribution in [3.05, 3.63) is 0 Å². The van der Waals surface area contributed by atoms with Crippen LogP contribution in [-0.4, -0.2) is 29.9 Å². The predicted octanol–water partition coefficient (Wildman–Crippen LogP) is 2.01. The van der Waals surface area contributed by atoms with Gasteiger partial charge in [-0.3, -0.25) is 4.79 Å². The second kappa shape index (κ2) is 4.60. The monoisotopic (exact) mass is 238 g/mol. The van der Waals surface area contributed by atoms with Gasteiger partial charge in [-0.25, -0.2) is 0 Å². The normalized spacial score (nSPS) is 31.2. The van der Waals surface area contributed by atoms with Crippen LogP contribution in [0.5, 0.6) is 0 Å². The standard InChI is InChI=1S/C14H26N2O/c1-14(2,3)11-6-4-10(5-7-11)13(17)16-8-12(15)9-16/h10-12H,4-9,15H2,1-3H3. The number of hydrogen-bond donors (Lipinski definition) is 1. The second-order valence-corrected chi connectivity index (χ2v) is 6.92. The van der Waals surface area contributed by atoms with Crippen molar-refractivity contribution in [2.24, 2.45) is 23.0 Å². The van der Waals surface area contributed by atoms with Crippen molar-refractivity contribution in [3.63, 3.8) is 0 Å². The van der Waals surface area contributed by atoms with E-state index in [-0.39, 0.29) is 12.0 Å². The summed E-state index contributed by atoms with van der Waals surface area (Å²) in [5.74, 6) is 1.42. The average Bonchev–Trinajstić information content (AvgIpc) is 2.23. The van der Waals surface area contributed by atoms with Crippen LogP contribution in [0.4, 0.5) is 0 Å². The van der Waals surface area contributed by atoms with E-state index in [2.05, 4.69) is 20.8 Å². The lowest BCUT2D eigenvalue weighted by Crippen LogP contribution is -2.59. The quantitative estimate of drug-likeness (QED) is 0.759. The van der Waals surface area contributed by atoms with E-state index >= 15 is 0 Å². The summed E-state index contributed by atoms with van der Waals surface area (Å²) in [5, 5.41) is 0. The number of carbonyl (C=O) groups excluding carboxylic acids is 1. The predicted molar refractivity (Wildman–Crippen MR) is 69.5 cm³/mol. The minimum atomic E-state index is 0.227. The zero-order chi connectivity index (χ0) is 12.6. The summed E-state index contributed by atoms with van der Waals surface area (Å²) in [6.07, 6.45) is 4.57. The fourth-order valence-electron chi connectivity index (χ4n) is 3.16. The number of rotatable bonds is 1. The maximum atomic E-state index is 12.2. The zero-order valence-corrected chi connectivity index (χ0v) is 11.4. The number of nitrogens with two attached hydrogens (primary N) is 1. The van der Waals surface area contributed by atoms with Crippen molar-refractivity contribution in [3.8, 4) is 0 Å². The molecule has 1 saturated heterocycles. The Balaban J connectivity index is 1.81. The summed E-state index contributed by atoms with van der Waals surface area (Å²) < 4.78 is 0. The Morgan fingerprint density at radius 1 is 1.12 bits per heavy atom. The van der Waals surface area contributed by atoms with Gasteiger partial charge in [-0.1, -0.05) is 20.8 Å². The van der Waals surface area contributed by atoms with Crippen LogP contribution in [0.25, 0.3) is 0 Å². The maximum Gasteiger partial charge on any atom is 0.225 e. The molecule has 0 aromatic carbocycles. The van der Waals surface area contributed by atoms with E-state index in [0.29, 0.717) is 11.3 Å². The molecular weight excluding hydrogens is 212 g/mol. The summed E-state index contributed by atoms with van der Waals surface area (Å²) in [6, 6.07) is 0.227. The topological polar surface area (TPSA) is 46.3 Å². The van der Waals surface area contributed by atoms with Crippen LogP contribution >= 0.6 is 0 Å². The molecule has 1 aliphatic heterocycles. The Bertz CT molecular complexity index is 281. The van der Waals surface area contributed by atoms with Crippen molar-refractivity contribution in [2.75, 3.05) is 13.1 Å². The fourth-order valence-corrected chi connectivity index (χ4v) is 3.16. The molecule has 0 radical (unpaired) electrons. The fraction of sp³-hybridized carbons (Fsp3) is 0.929. The molecule has 2 rings (SSSR count). The maximum absolute atomic E-state index is 12.2. The van der Waals surface area contributed by atoms with E-state index in [0.717, 1.165) is 31.8 Å². The molecule has 0 atom stereocenters. The van der Waals surface area contributed by atoms with E-state index in [9.17, 15) is 4.79 Å². The van der Waals surface area contributed by atoms with Gasteiger partial charge in [0.1, 0.15) is 0 Å². The Kier molecular flexibility index (Phi) is 3.48. The minimum absolute atomic E-state index is 0.227. The van der Waals surface area contributed by atoms with Gasteiger partial charge in [0.2, 0.25) is 5.91 Å². The second-order valence-electron chi connectivity index (χ2n) is 6.92. The van der Waals surface area contributed by atoms with Crippen LogP contribution in [0.3, 0.4) is 0 Å². The molecule has 2 fully saturated rings. The van der Waals surface area contributed by atoms with Crippen molar-refractivity contribution >= 4 is 5.91 Å². The molecule has 2 N–H and O–H groups in total. The summed E-state index contributed by atoms with van der Waals surface area (Å²) in [7, 11) is 0. The molecule has 1 amide bonds. The van der Waals surface area contributed by atoms with E-state index < -0.39 is 0 Å². The van der Waals surface area contributed by atoms with Crippen molar-refractivity contribution in [2.45, 2.75) is 52.5 Å². The molecule has 1 heterocycles. The number of nitrogens with zero attached hydrogens (tertiary/aromatic N) is 1. The summed E-state index contributed by atoms with van der Waals surface area (Å²) in [5.41, 5.74) is 6.12. The summed E-state index contributed by atoms with van der Waals surface area (Å²) in [4.78, 5) is 14.1. The van der Waals surface area contributed by atoms with Gasteiger partial charge in [-0.2, -0.15) is 0 Å². The molecule has 1 aliphatic carbocycles. The smallest absolute Gasteiger partial charge is 0.225 e. The molecule has 3 heteroatoms. The van der Waals surface area contributed by atoms with Gasteiger partial charge in [0.25, 0.3) is 0 Å². The Morgan fingerprint density at radius 2 is 1.65 bits per heavy atom. The van der Waals surface area contributed by atoms with Gasteiger partial charge in [0, 0.05) is 25.0 Å². The van der Waals surface area contributed by atoms with E-state index in [1.54, 1.807) is 0 Å². The Hall–Kier alpha value is -0.570. The molecule has 0 bridgehead atoms. The highest BCUT2D eigenvalue weighted by atomic mass is 16.2. The molecule has 2 aliphatic rings. The zero-order valence-electron chi connectivity index (χ0n) is 11.4. The SMILES string of the molecule is CC(C)(C)C1CCC(C(=O)N2CC(N)C2)CC1. The third-order valence-electron chi connectivity index (χ3n) is 4.52. The van der Waals surface area contributed by atoms with Crippen LogP contribution < -0.4 is 5.73 Å². The lowest BCUT2D eigenvalue weighted by molar-refractivity contribution is -0.141. The molecule has 98 valence electrons. The highest BCUT2D eigenvalue weighted by Gasteiger charge is 2.36. The molecule has 0 aromatic rings. The van der Waals surface area contributed by atoms with Crippen LogP contribution in [0.2, 0.25) is 0 Å². The van der Waals surface area contributed by atoms with Gasteiger partial charge in [0.05, 0.1) is 0 Å². The molecule has 0 aromatic heterocycles. The van der Waals surface area contributed by atoms with Gasteiger partial charge < -0.3 is 10.6 Å². The Labute approximate surface area is 105 Å². The third kappa shape index (κ3) is 2.82. The van der Waals surface area contributed by atoms with E-state index in [4.69, 9.17) is 5.73 Å². The van der Waals surface area contributed by atoms with Crippen molar-refractivity contribution in [1.29, 1.82) is 0 Å². The minimum Gasteiger partial charge on any atom is -0.339 e. The van der Waals surface area contributed by atoms with Gasteiger partial charge >= 0.3 is 0 Å². The highest BCUT2D eigenvalue weighted by molar-refractivity contribution is 5.79. The largest absolute Gasteiger partial charge is 0.339 e. The lowest BCUT2D eigenvalue weighted by Gasteiger charge is -2.42. The molecule has 0 spiro atoms. The van der Waals surface area contributed by atoms with Gasteiger partial charge in [-0.05, 0) is 37.0 Å². The molecule has 1 saturated carbocycles. The number of amides is 1. The van der Waals surface area contributed by atoms with Crippen LogP contribution in [0, 0.1) is 17.3 Å². The third-order valence-corrected chi connectivity index (χ3v) is 4.52. The van der Waals surface area contributed by atoms with Crippen molar-refractivity contribution < 1.29 is 4.79 Å². The molecule has 0 unspecified atom stereocenters. The van der Waals surface area contributed by atoms with Crippen LogP contribution in [0.15, 0.2) is 0 Å². The van der Waals surface area contributed by atoms with Crippen LogP contribution in [0.1, 0.15) is 46.5 Å². The molecule has 3 nitrogen and oxygen atoms in total. The molecular formula is C14H26N2O. The van der Waals surface area contributed by atoms with Crippen molar-refractivity contribution in [1.82, 2.24) is 4.90 Å². The van der Waals surface area contributed by atoms with Crippen LogP contribution in [-0.2, 0) is 4.79 Å². The lowest BCUT2D eigenvalue weighted by atomic mass is 9.69. The number of hydrogen-bond acceptors (Lipinski definition) is 2. The first-order valence-corrected chi connectivity index (χ1v) is 6.92. The number of carbonyl (C=O) groups is 1. The Morgan fingerprint density at radius 3 is 2.06 bits per heavy atom. The number of likely N-dealkylation sites (tertiary alicyclic amines) is 1. The van der Waals surface area contributed by atoms with E-state index in [1.807, 2.05) is 4.90 Å². The van der Waals surface area contributed by atoms with Gasteiger partial charge in [-0.15, -0.1) is 0 Å². The first-order chi connectivity index (χ1) is 7.88.